The molecule has 6 rings (SSSR count). The number of aromatic nitrogens is 4. The van der Waals surface area contributed by atoms with Gasteiger partial charge in [0.05, 0.1) is 22.9 Å². The summed E-state index contributed by atoms with van der Waals surface area (Å²) >= 11 is 0. The van der Waals surface area contributed by atoms with E-state index in [9.17, 15) is 9.59 Å². The first-order chi connectivity index (χ1) is 18.6. The molecule has 1 atom stereocenters. The van der Waals surface area contributed by atoms with E-state index in [0.29, 0.717) is 23.8 Å². The zero-order valence-corrected chi connectivity index (χ0v) is 21.2. The molecule has 1 saturated heterocycles. The summed E-state index contributed by atoms with van der Waals surface area (Å²) in [5.74, 6) is 6.85. The lowest BCUT2D eigenvalue weighted by Crippen LogP contribution is -2.38. The van der Waals surface area contributed by atoms with Crippen LogP contribution in [0, 0.1) is 11.8 Å². The highest BCUT2D eigenvalue weighted by Gasteiger charge is 2.34. The van der Waals surface area contributed by atoms with Crippen LogP contribution in [0.2, 0.25) is 0 Å². The second kappa shape index (κ2) is 10.1. The molecule has 38 heavy (non-hydrogen) atoms. The van der Waals surface area contributed by atoms with Crippen molar-refractivity contribution >= 4 is 23.1 Å². The van der Waals surface area contributed by atoms with Gasteiger partial charge in [-0.05, 0) is 69.2 Å². The SMILES string of the molecule is CC#CC(=O)N1CCCC[C@H]1c1nc(-c2ccc(C(=O)Nc3ccccn3)cc2)c2c(C3CC3)nccn12. The topological polar surface area (TPSA) is 92.5 Å². The first kappa shape index (κ1) is 23.9. The summed E-state index contributed by atoms with van der Waals surface area (Å²) in [4.78, 5) is 41.6. The fraction of sp³-hybridized carbons (Fsp3) is 0.300. The minimum atomic E-state index is -0.223. The maximum Gasteiger partial charge on any atom is 0.299 e. The summed E-state index contributed by atoms with van der Waals surface area (Å²) in [5.41, 5.74) is 4.28. The number of imidazole rings is 1. The van der Waals surface area contributed by atoms with E-state index in [1.165, 1.54) is 0 Å². The summed E-state index contributed by atoms with van der Waals surface area (Å²) in [5, 5.41) is 2.82. The summed E-state index contributed by atoms with van der Waals surface area (Å²) in [6.45, 7) is 2.36. The minimum absolute atomic E-state index is 0.156. The van der Waals surface area contributed by atoms with Crippen LogP contribution in [0.3, 0.4) is 0 Å². The third-order valence-corrected chi connectivity index (χ3v) is 7.20. The van der Waals surface area contributed by atoms with Crippen molar-refractivity contribution in [1.82, 2.24) is 24.3 Å². The van der Waals surface area contributed by atoms with Gasteiger partial charge in [-0.15, -0.1) is 0 Å². The molecule has 1 saturated carbocycles. The second-order valence-corrected chi connectivity index (χ2v) is 9.76. The van der Waals surface area contributed by atoms with E-state index in [-0.39, 0.29) is 17.9 Å². The lowest BCUT2D eigenvalue weighted by atomic mass is 10.0. The number of pyridine rings is 1. The number of hydrogen-bond acceptors (Lipinski definition) is 5. The van der Waals surface area contributed by atoms with Crippen LogP contribution in [0.25, 0.3) is 16.8 Å². The Morgan fingerprint density at radius 2 is 1.84 bits per heavy atom. The number of hydrogen-bond donors (Lipinski definition) is 1. The average molecular weight is 505 g/mol. The van der Waals surface area contributed by atoms with E-state index >= 15 is 0 Å². The van der Waals surface area contributed by atoms with Crippen LogP contribution in [-0.2, 0) is 4.79 Å². The average Bonchev–Trinajstić information content (AvgIpc) is 3.73. The Kier molecular flexibility index (Phi) is 6.34. The third-order valence-electron chi connectivity index (χ3n) is 7.20. The molecule has 2 fully saturated rings. The maximum absolute atomic E-state index is 12.9. The standard InChI is InChI=1S/C30H28N6O2/c1-2-7-25(37)35-18-6-4-8-23(35)29-34-27(28-26(20-10-11-20)32-17-19-36(28)29)21-12-14-22(15-13-21)30(38)33-24-9-3-5-16-31-24/h3,5,9,12-17,19-20,23H,4,6,8,10-11,18H2,1H3,(H,31,33,38)/t23-/m0/s1. The van der Waals surface area contributed by atoms with E-state index in [1.807, 2.05) is 35.5 Å². The van der Waals surface area contributed by atoms with E-state index in [4.69, 9.17) is 9.97 Å². The summed E-state index contributed by atoms with van der Waals surface area (Å²) in [6.07, 6.45) is 10.5. The summed E-state index contributed by atoms with van der Waals surface area (Å²) in [7, 11) is 0. The molecule has 1 aliphatic heterocycles. The Bertz CT molecular complexity index is 1560. The first-order valence-corrected chi connectivity index (χ1v) is 13.1. The third kappa shape index (κ3) is 4.52. The maximum atomic E-state index is 12.9. The molecule has 0 unspecified atom stereocenters. The van der Waals surface area contributed by atoms with Gasteiger partial charge in [-0.2, -0.15) is 0 Å². The molecule has 1 aliphatic carbocycles. The normalized spacial score (nSPS) is 17.1. The number of nitrogens with zero attached hydrogens (tertiary/aromatic N) is 5. The molecule has 0 bridgehead atoms. The smallest absolute Gasteiger partial charge is 0.299 e. The highest BCUT2D eigenvalue weighted by molar-refractivity contribution is 6.04. The van der Waals surface area contributed by atoms with E-state index < -0.39 is 0 Å². The number of fused-ring (bicyclic) bond motifs is 1. The van der Waals surface area contributed by atoms with Crippen LogP contribution in [0.15, 0.2) is 61.1 Å². The zero-order chi connectivity index (χ0) is 26.1. The number of nitrogens with one attached hydrogen (secondary N) is 1. The van der Waals surface area contributed by atoms with E-state index in [1.54, 1.807) is 37.4 Å². The number of amides is 2. The fourth-order valence-corrected chi connectivity index (χ4v) is 5.21. The van der Waals surface area contributed by atoms with Crippen molar-refractivity contribution in [3.63, 3.8) is 0 Å². The van der Waals surface area contributed by atoms with Crippen molar-refractivity contribution in [2.45, 2.75) is 51.0 Å². The molecule has 0 radical (unpaired) electrons. The fourth-order valence-electron chi connectivity index (χ4n) is 5.21. The lowest BCUT2D eigenvalue weighted by molar-refractivity contribution is -0.129. The molecule has 2 aliphatic rings. The second-order valence-electron chi connectivity index (χ2n) is 9.76. The highest BCUT2D eigenvalue weighted by Crippen LogP contribution is 2.44. The van der Waals surface area contributed by atoms with Gasteiger partial charge in [0.15, 0.2) is 0 Å². The molecule has 8 heteroatoms. The number of anilines is 1. The van der Waals surface area contributed by atoms with Crippen LogP contribution >= 0.6 is 0 Å². The van der Waals surface area contributed by atoms with Crippen LogP contribution < -0.4 is 5.32 Å². The van der Waals surface area contributed by atoms with Gasteiger partial charge in [0.2, 0.25) is 0 Å². The summed E-state index contributed by atoms with van der Waals surface area (Å²) < 4.78 is 2.12. The van der Waals surface area contributed by atoms with Crippen LogP contribution in [0.1, 0.15) is 72.9 Å². The van der Waals surface area contributed by atoms with Gasteiger partial charge >= 0.3 is 0 Å². The van der Waals surface area contributed by atoms with Gasteiger partial charge in [-0.3, -0.25) is 19.0 Å². The Morgan fingerprint density at radius 1 is 1.00 bits per heavy atom. The number of piperidine rings is 1. The van der Waals surface area contributed by atoms with Crippen molar-refractivity contribution in [2.75, 3.05) is 11.9 Å². The van der Waals surface area contributed by atoms with E-state index in [0.717, 1.165) is 60.4 Å². The van der Waals surface area contributed by atoms with Crippen molar-refractivity contribution in [1.29, 1.82) is 0 Å². The van der Waals surface area contributed by atoms with Crippen molar-refractivity contribution in [2.24, 2.45) is 0 Å². The van der Waals surface area contributed by atoms with Gasteiger partial charge in [-0.1, -0.05) is 24.1 Å². The molecule has 4 aromatic rings. The van der Waals surface area contributed by atoms with Gasteiger partial charge in [0.25, 0.3) is 11.8 Å². The molecule has 2 amide bonds. The molecule has 1 N–H and O–H groups in total. The van der Waals surface area contributed by atoms with Crippen LogP contribution in [0.4, 0.5) is 5.82 Å². The Labute approximate surface area is 221 Å². The molecule has 1 aromatic carbocycles. The minimum Gasteiger partial charge on any atom is -0.322 e. The largest absolute Gasteiger partial charge is 0.322 e. The van der Waals surface area contributed by atoms with Gasteiger partial charge in [0, 0.05) is 42.2 Å². The van der Waals surface area contributed by atoms with Crippen LogP contribution in [0.5, 0.6) is 0 Å². The lowest BCUT2D eigenvalue weighted by Gasteiger charge is -2.33. The first-order valence-electron chi connectivity index (χ1n) is 13.1. The monoisotopic (exact) mass is 504 g/mol. The predicted octanol–water partition coefficient (Wildman–Crippen LogP) is 5.00. The summed E-state index contributed by atoms with van der Waals surface area (Å²) in [6, 6.07) is 12.7. The molecule has 4 heterocycles. The Morgan fingerprint density at radius 3 is 2.58 bits per heavy atom. The zero-order valence-electron chi connectivity index (χ0n) is 21.2. The highest BCUT2D eigenvalue weighted by atomic mass is 16.2. The Balaban J connectivity index is 1.40. The Hall–Kier alpha value is -4.51. The number of benzene rings is 1. The molecule has 190 valence electrons. The van der Waals surface area contributed by atoms with Crippen molar-refractivity contribution in [3.8, 4) is 23.1 Å². The van der Waals surface area contributed by atoms with Crippen LogP contribution in [-0.4, -0.2) is 42.6 Å². The van der Waals surface area contributed by atoms with E-state index in [2.05, 4.69) is 26.5 Å². The number of rotatable bonds is 5. The van der Waals surface area contributed by atoms with Crippen molar-refractivity contribution in [3.05, 3.63) is 78.1 Å². The number of likely N-dealkylation sites (tertiary alicyclic amines) is 1. The number of carbonyl (C=O) groups is 2. The molecule has 8 nitrogen and oxygen atoms in total. The van der Waals surface area contributed by atoms with Gasteiger partial charge < -0.3 is 10.2 Å². The van der Waals surface area contributed by atoms with Gasteiger partial charge in [0.1, 0.15) is 11.6 Å². The number of carbonyl (C=O) groups excluding carboxylic acids is 2. The molecule has 3 aromatic heterocycles. The van der Waals surface area contributed by atoms with Gasteiger partial charge in [-0.25, -0.2) is 9.97 Å². The predicted molar refractivity (Wildman–Crippen MR) is 144 cm³/mol. The molecular formula is C30H28N6O2. The molecule has 0 spiro atoms. The molecular weight excluding hydrogens is 476 g/mol. The van der Waals surface area contributed by atoms with Crippen molar-refractivity contribution < 1.29 is 9.59 Å². The quantitative estimate of drug-likeness (QED) is 0.386.